The third-order valence-corrected chi connectivity index (χ3v) is 9.06. The maximum atomic E-state index is 12.1. The van der Waals surface area contributed by atoms with E-state index in [9.17, 15) is 27.6 Å². The fourth-order valence-electron chi connectivity index (χ4n) is 5.29. The van der Waals surface area contributed by atoms with Crippen molar-refractivity contribution in [1.82, 2.24) is 19.9 Å². The SMILES string of the molecule is CC1CCCO1.CCc1cc(=O)oc2nc(ON=C3CCOCC3)[nH]c(=O)c12.CCc1cc(=O)oc2nc(S(C)(=O)=O)[nH]c(=O)c12.ON=C1CCOCC1.[H-].[Na+]. The Hall–Kier alpha value is -4.05. The van der Waals surface area contributed by atoms with E-state index in [1.165, 1.54) is 25.0 Å². The zero-order chi connectivity index (χ0) is 39.3. The van der Waals surface area contributed by atoms with Crippen LogP contribution in [0.2, 0.25) is 0 Å². The fourth-order valence-corrected chi connectivity index (χ4v) is 5.81. The molecule has 1 unspecified atom stereocenters. The molecule has 0 aromatic carbocycles. The van der Waals surface area contributed by atoms with Gasteiger partial charge in [0, 0.05) is 50.7 Å². The van der Waals surface area contributed by atoms with Crippen LogP contribution in [0.5, 0.6) is 6.01 Å². The van der Waals surface area contributed by atoms with Gasteiger partial charge in [0.1, 0.15) is 10.8 Å². The molecule has 3 aliphatic heterocycles. The Balaban J connectivity index is 0.000000284. The number of oxime groups is 2. The molecule has 0 radical (unpaired) electrons. The zero-order valence-corrected chi connectivity index (χ0v) is 34.3. The fraction of sp³-hybridized carbons (Fsp3) is 0.529. The molecule has 0 aliphatic carbocycles. The van der Waals surface area contributed by atoms with Gasteiger partial charge in [0.25, 0.3) is 11.1 Å². The molecule has 21 heteroatoms. The van der Waals surface area contributed by atoms with Gasteiger partial charge in [-0.1, -0.05) is 24.2 Å². The van der Waals surface area contributed by atoms with E-state index in [0.717, 1.165) is 37.1 Å². The van der Waals surface area contributed by atoms with Gasteiger partial charge < -0.3 is 34.5 Å². The van der Waals surface area contributed by atoms with Crippen molar-refractivity contribution in [3.8, 4) is 6.01 Å². The predicted octanol–water partition coefficient (Wildman–Crippen LogP) is -0.245. The smallest absolute Gasteiger partial charge is 1.00 e. The first-order chi connectivity index (χ1) is 25.8. The molecule has 7 rings (SSSR count). The summed E-state index contributed by atoms with van der Waals surface area (Å²) in [6, 6.07) is 2.38. The summed E-state index contributed by atoms with van der Waals surface area (Å²) in [6.07, 6.45) is 7.86. The van der Waals surface area contributed by atoms with Gasteiger partial charge in [-0.15, -0.1) is 0 Å². The second-order valence-electron chi connectivity index (χ2n) is 12.2. The van der Waals surface area contributed by atoms with Gasteiger partial charge in [-0.25, -0.2) is 18.0 Å². The molecular weight excluding hydrogens is 755 g/mol. The summed E-state index contributed by atoms with van der Waals surface area (Å²) >= 11 is 0. The van der Waals surface area contributed by atoms with Crippen LogP contribution >= 0.6 is 0 Å². The molecule has 0 spiro atoms. The molecular formula is C34H45N6NaO13S. The van der Waals surface area contributed by atoms with E-state index in [-0.39, 0.29) is 59.2 Å². The second kappa shape index (κ2) is 21.9. The third kappa shape index (κ3) is 13.6. The predicted molar refractivity (Wildman–Crippen MR) is 197 cm³/mol. The van der Waals surface area contributed by atoms with Crippen molar-refractivity contribution in [1.29, 1.82) is 0 Å². The molecule has 4 aromatic heterocycles. The number of nitrogens with zero attached hydrogens (tertiary/aromatic N) is 4. The standard InChI is InChI=1S/C14H15N3O5.C10H10N2O5S.C5H9NO2.C5H10O.Na.H/c1-2-8-7-10(18)21-13-11(8)12(19)15-14(16-13)22-17-9-3-5-20-6-4-9;1-3-5-4-6(13)17-9-7(5)8(14)11-10(12-9)18(2,15)16;7-6-5-1-3-8-4-2-5;1-5-3-2-4-6-5;;/h7H,2-6H2,1H3,(H,15,16,19);4H,3H2,1-2H3,(H,11,12,14);7H,1-4H2;5H,2-4H2,1H3;;/q;;;;+1;-1. The summed E-state index contributed by atoms with van der Waals surface area (Å²) < 4.78 is 47.8. The van der Waals surface area contributed by atoms with Gasteiger partial charge >= 0.3 is 46.8 Å². The number of sulfone groups is 1. The quantitative estimate of drug-likeness (QED) is 0.102. The Kier molecular flexibility index (Phi) is 18.0. The zero-order valence-electron chi connectivity index (χ0n) is 32.5. The summed E-state index contributed by atoms with van der Waals surface area (Å²) in [5, 5.41) is 15.1. The van der Waals surface area contributed by atoms with Crippen LogP contribution in [0.25, 0.3) is 22.2 Å². The third-order valence-electron chi connectivity index (χ3n) is 8.16. The summed E-state index contributed by atoms with van der Waals surface area (Å²) in [4.78, 5) is 64.2. The summed E-state index contributed by atoms with van der Waals surface area (Å²) in [6.45, 7) is 9.32. The molecule has 0 saturated carbocycles. The molecule has 4 aromatic rings. The van der Waals surface area contributed by atoms with Gasteiger partial charge in [0.15, 0.2) is 0 Å². The first kappa shape index (κ1) is 45.3. The molecule has 3 saturated heterocycles. The number of rotatable bonds is 5. The molecule has 0 amide bonds. The van der Waals surface area contributed by atoms with E-state index in [1.807, 2.05) is 6.92 Å². The number of fused-ring (bicyclic) bond motifs is 2. The summed E-state index contributed by atoms with van der Waals surface area (Å²) in [5.41, 5.74) is 0.153. The van der Waals surface area contributed by atoms with Crippen molar-refractivity contribution in [2.24, 2.45) is 10.3 Å². The second-order valence-corrected chi connectivity index (χ2v) is 14.2. The maximum Gasteiger partial charge on any atom is 1.00 e. The van der Waals surface area contributed by atoms with E-state index >= 15 is 0 Å². The Bertz CT molecular complexity index is 2300. The number of nitrogens with one attached hydrogen (secondary N) is 2. The molecule has 3 fully saturated rings. The largest absolute Gasteiger partial charge is 1.00 e. The number of aromatic amines is 2. The van der Waals surface area contributed by atoms with Gasteiger partial charge in [-0.3, -0.25) is 19.6 Å². The Morgan fingerprint density at radius 3 is 1.76 bits per heavy atom. The average Bonchev–Trinajstić information content (AvgIpc) is 3.64. The van der Waals surface area contributed by atoms with E-state index in [2.05, 4.69) is 37.2 Å². The molecule has 19 nitrogen and oxygen atoms in total. The molecule has 1 atom stereocenters. The summed E-state index contributed by atoms with van der Waals surface area (Å²) in [7, 11) is -3.68. The Labute approximate surface area is 338 Å². The number of aryl methyl sites for hydroxylation is 2. The first-order valence-corrected chi connectivity index (χ1v) is 19.3. The van der Waals surface area contributed by atoms with Gasteiger partial charge in [0.05, 0.1) is 44.0 Å². The number of ether oxygens (including phenoxy) is 3. The normalized spacial score (nSPS) is 16.7. The van der Waals surface area contributed by atoms with E-state index in [0.29, 0.717) is 69.3 Å². The van der Waals surface area contributed by atoms with Crippen LogP contribution in [0.3, 0.4) is 0 Å². The van der Waals surface area contributed by atoms with Crippen molar-refractivity contribution in [3.05, 3.63) is 64.8 Å². The monoisotopic (exact) mass is 800 g/mol. The Morgan fingerprint density at radius 1 is 0.836 bits per heavy atom. The molecule has 3 N–H and O–H groups in total. The van der Waals surface area contributed by atoms with Gasteiger partial charge in [-0.05, 0) is 43.7 Å². The minimum atomic E-state index is -3.68. The minimum Gasteiger partial charge on any atom is -1.00 e. The van der Waals surface area contributed by atoms with E-state index in [4.69, 9.17) is 33.1 Å². The minimum absolute atomic E-state index is 0. The van der Waals surface area contributed by atoms with Crippen molar-refractivity contribution in [2.75, 3.05) is 39.3 Å². The van der Waals surface area contributed by atoms with Crippen molar-refractivity contribution in [2.45, 2.75) is 83.4 Å². The van der Waals surface area contributed by atoms with Crippen LogP contribution in [-0.4, -0.2) is 90.4 Å². The van der Waals surface area contributed by atoms with Crippen molar-refractivity contribution >= 4 is 43.5 Å². The van der Waals surface area contributed by atoms with E-state index in [1.54, 1.807) is 6.92 Å². The van der Waals surface area contributed by atoms with Crippen LogP contribution in [0.1, 0.15) is 71.8 Å². The number of hydrogen-bond donors (Lipinski definition) is 3. The van der Waals surface area contributed by atoms with Crippen LogP contribution in [-0.2, 0) is 36.9 Å². The maximum absolute atomic E-state index is 12.1. The molecule has 55 heavy (non-hydrogen) atoms. The summed E-state index contributed by atoms with van der Waals surface area (Å²) in [5.74, 6) is 0. The van der Waals surface area contributed by atoms with Crippen LogP contribution < -0.4 is 56.8 Å². The van der Waals surface area contributed by atoms with Crippen molar-refractivity contribution < 1.29 is 72.5 Å². The van der Waals surface area contributed by atoms with Crippen LogP contribution in [0.15, 0.2) is 55.6 Å². The molecule has 0 bridgehead atoms. The topological polar surface area (TPSA) is 268 Å². The number of H-pyrrole nitrogens is 2. The van der Waals surface area contributed by atoms with Crippen molar-refractivity contribution in [3.63, 3.8) is 0 Å². The number of aromatic nitrogens is 4. The van der Waals surface area contributed by atoms with Gasteiger partial charge in [-0.2, -0.15) is 9.97 Å². The molecule has 7 heterocycles. The van der Waals surface area contributed by atoms with E-state index < -0.39 is 37.4 Å². The Morgan fingerprint density at radius 2 is 1.35 bits per heavy atom. The van der Waals surface area contributed by atoms with Gasteiger partial charge in [0.2, 0.25) is 26.4 Å². The van der Waals surface area contributed by atoms with Crippen LogP contribution in [0.4, 0.5) is 0 Å². The number of hydrogen-bond acceptors (Lipinski definition) is 17. The molecule has 3 aliphatic rings. The first-order valence-electron chi connectivity index (χ1n) is 17.4. The average molecular weight is 801 g/mol. The molecule has 296 valence electrons. The van der Waals surface area contributed by atoms with Crippen LogP contribution in [0, 0.1) is 0 Å².